The number of aromatic nitrogens is 2. The molecule has 27 heavy (non-hydrogen) atoms. The van der Waals surface area contributed by atoms with Gasteiger partial charge in [0.15, 0.2) is 0 Å². The molecule has 0 radical (unpaired) electrons. The fourth-order valence-corrected chi connectivity index (χ4v) is 1.89. The van der Waals surface area contributed by atoms with E-state index in [0.717, 1.165) is 0 Å². The molecule has 2 amide bonds. The van der Waals surface area contributed by atoms with Gasteiger partial charge in [-0.2, -0.15) is 0 Å². The molecule has 1 aromatic heterocycles. The fourth-order valence-electron chi connectivity index (χ4n) is 1.89. The summed E-state index contributed by atoms with van der Waals surface area (Å²) < 4.78 is 5.14. The lowest BCUT2D eigenvalue weighted by Crippen LogP contribution is -2.27. The maximum Gasteiger partial charge on any atom is 0.328 e. The molecule has 11 heteroatoms. The van der Waals surface area contributed by atoms with Gasteiger partial charge in [-0.05, 0) is 12.1 Å². The van der Waals surface area contributed by atoms with Crippen molar-refractivity contribution in [2.24, 2.45) is 10.2 Å². The van der Waals surface area contributed by atoms with Gasteiger partial charge in [-0.3, -0.25) is 24.4 Å². The Hall–Kier alpha value is -4.02. The van der Waals surface area contributed by atoms with E-state index in [0.29, 0.717) is 11.3 Å². The van der Waals surface area contributed by atoms with Crippen LogP contribution >= 0.6 is 0 Å². The van der Waals surface area contributed by atoms with E-state index in [2.05, 4.69) is 15.5 Å². The molecule has 1 heterocycles. The average Bonchev–Trinajstić information content (AvgIpc) is 2.64. The zero-order chi connectivity index (χ0) is 19.8. The summed E-state index contributed by atoms with van der Waals surface area (Å²) in [5.41, 5.74) is -1.91. The molecule has 11 nitrogen and oxygen atoms in total. The van der Waals surface area contributed by atoms with Gasteiger partial charge in [-0.25, -0.2) is 4.79 Å². The number of H-pyrrole nitrogens is 2. The number of para-hydroxylation sites is 1. The summed E-state index contributed by atoms with van der Waals surface area (Å²) in [7, 11) is 1.50. The van der Waals surface area contributed by atoms with Gasteiger partial charge in [-0.15, -0.1) is 10.2 Å². The number of methoxy groups -OCH3 is 1. The van der Waals surface area contributed by atoms with Crippen molar-refractivity contribution >= 4 is 23.6 Å². The number of carbonyl (C=O) groups excluding carboxylic acids is 2. The van der Waals surface area contributed by atoms with Crippen molar-refractivity contribution in [2.75, 3.05) is 13.7 Å². The van der Waals surface area contributed by atoms with Gasteiger partial charge >= 0.3 is 5.69 Å². The number of rotatable bonds is 6. The van der Waals surface area contributed by atoms with Crippen LogP contribution in [0.15, 0.2) is 50.2 Å². The lowest BCUT2D eigenvalue weighted by molar-refractivity contribution is -0.122. The predicted octanol–water partition coefficient (Wildman–Crippen LogP) is 0.217. The van der Waals surface area contributed by atoms with Gasteiger partial charge in [-0.1, -0.05) is 18.2 Å². The van der Waals surface area contributed by atoms with Crippen LogP contribution in [0.4, 0.5) is 5.69 Å². The number of aromatic hydroxyl groups is 1. The molecule has 0 saturated carbocycles. The van der Waals surface area contributed by atoms with Gasteiger partial charge in [0.05, 0.1) is 7.11 Å². The predicted molar refractivity (Wildman–Crippen MR) is 93.9 cm³/mol. The summed E-state index contributed by atoms with van der Waals surface area (Å²) >= 11 is 0. The van der Waals surface area contributed by atoms with Crippen LogP contribution in [0.5, 0.6) is 11.6 Å². The monoisotopic (exact) mass is 373 g/mol. The van der Waals surface area contributed by atoms with Crippen molar-refractivity contribution in [1.29, 1.82) is 0 Å². The van der Waals surface area contributed by atoms with Crippen LogP contribution in [-0.4, -0.2) is 40.5 Å². The molecular weight excluding hydrogens is 358 g/mol. The maximum absolute atomic E-state index is 11.7. The summed E-state index contributed by atoms with van der Waals surface area (Å²) in [6, 6.07) is 7.04. The van der Waals surface area contributed by atoms with Crippen molar-refractivity contribution < 1.29 is 19.4 Å². The highest BCUT2D eigenvalue weighted by atomic mass is 16.5. The summed E-state index contributed by atoms with van der Waals surface area (Å²) in [5, 5.41) is 18.1. The molecule has 140 valence electrons. The van der Waals surface area contributed by atoms with Crippen molar-refractivity contribution in [1.82, 2.24) is 15.3 Å². The van der Waals surface area contributed by atoms with Gasteiger partial charge in [0.2, 0.25) is 17.5 Å². The smallest absolute Gasteiger partial charge is 0.328 e. The zero-order valence-corrected chi connectivity index (χ0v) is 14.1. The Kier molecular flexibility index (Phi) is 6.36. The molecule has 0 spiro atoms. The Morgan fingerprint density at radius 3 is 2.70 bits per heavy atom. The Morgan fingerprint density at radius 1 is 1.26 bits per heavy atom. The SMILES string of the molecule is COc1ccccc1C=CC(=O)NCC(=O)N=Nc1c(O)[nH]c(=O)[nH]c1=O. The number of nitrogens with zero attached hydrogens (tertiary/aromatic N) is 2. The maximum atomic E-state index is 11.7. The highest BCUT2D eigenvalue weighted by Crippen LogP contribution is 2.18. The van der Waals surface area contributed by atoms with E-state index in [1.54, 1.807) is 24.3 Å². The van der Waals surface area contributed by atoms with E-state index < -0.39 is 41.2 Å². The lowest BCUT2D eigenvalue weighted by Gasteiger charge is -2.03. The van der Waals surface area contributed by atoms with Gasteiger partial charge in [0.1, 0.15) is 12.3 Å². The number of aromatic amines is 2. The third-order valence-electron chi connectivity index (χ3n) is 3.13. The summed E-state index contributed by atoms with van der Waals surface area (Å²) in [5.74, 6) is -1.69. The second kappa shape index (κ2) is 8.89. The first-order valence-corrected chi connectivity index (χ1v) is 7.49. The van der Waals surface area contributed by atoms with E-state index in [-0.39, 0.29) is 0 Å². The molecule has 0 atom stereocenters. The van der Waals surface area contributed by atoms with Crippen molar-refractivity contribution in [2.45, 2.75) is 0 Å². The number of hydrogen-bond acceptors (Lipinski definition) is 7. The van der Waals surface area contributed by atoms with Crippen LogP contribution in [0.3, 0.4) is 0 Å². The third kappa shape index (κ3) is 5.49. The fraction of sp³-hybridized carbons (Fsp3) is 0.125. The minimum atomic E-state index is -1.02. The molecule has 0 fully saturated rings. The van der Waals surface area contributed by atoms with Gasteiger partial charge in [0.25, 0.3) is 11.5 Å². The summed E-state index contributed by atoms with van der Waals surface area (Å²) in [4.78, 5) is 49.4. The Labute approximate surface area is 151 Å². The molecular formula is C16H15N5O6. The lowest BCUT2D eigenvalue weighted by atomic mass is 10.2. The molecule has 0 aliphatic heterocycles. The van der Waals surface area contributed by atoms with Crippen molar-refractivity contribution in [3.8, 4) is 11.6 Å². The van der Waals surface area contributed by atoms with Crippen LogP contribution in [0.1, 0.15) is 5.56 Å². The molecule has 2 aromatic rings. The minimum absolute atomic E-state index is 0.485. The number of azo groups is 1. The number of hydrogen-bond donors (Lipinski definition) is 4. The summed E-state index contributed by atoms with van der Waals surface area (Å²) in [6.45, 7) is -0.485. The third-order valence-corrected chi connectivity index (χ3v) is 3.13. The average molecular weight is 373 g/mol. The van der Waals surface area contributed by atoms with Gasteiger partial charge in [0, 0.05) is 11.6 Å². The van der Waals surface area contributed by atoms with Crippen LogP contribution in [0.25, 0.3) is 6.08 Å². The molecule has 0 saturated heterocycles. The highest BCUT2D eigenvalue weighted by Gasteiger charge is 2.09. The number of ether oxygens (including phenoxy) is 1. The molecule has 1 aromatic carbocycles. The van der Waals surface area contributed by atoms with Crippen molar-refractivity contribution in [3.63, 3.8) is 0 Å². The first-order valence-electron chi connectivity index (χ1n) is 7.49. The molecule has 4 N–H and O–H groups in total. The quantitative estimate of drug-likeness (QED) is 0.417. The topological polar surface area (TPSA) is 166 Å². The van der Waals surface area contributed by atoms with E-state index in [9.17, 15) is 24.3 Å². The van der Waals surface area contributed by atoms with Crippen molar-refractivity contribution in [3.05, 3.63) is 56.7 Å². The zero-order valence-electron chi connectivity index (χ0n) is 14.1. The molecule has 2 rings (SSSR count). The van der Waals surface area contributed by atoms with Crippen LogP contribution in [0, 0.1) is 0 Å². The molecule has 0 aliphatic carbocycles. The Balaban J connectivity index is 1.94. The number of carbonyl (C=O) groups is 2. The van der Waals surface area contributed by atoms with E-state index in [1.165, 1.54) is 19.3 Å². The number of amides is 2. The second-order valence-electron chi connectivity index (χ2n) is 4.99. The normalized spacial score (nSPS) is 11.0. The Bertz CT molecular complexity index is 1020. The largest absolute Gasteiger partial charge is 0.496 e. The first kappa shape index (κ1) is 19.3. The van der Waals surface area contributed by atoms with E-state index in [1.807, 2.05) is 9.97 Å². The summed E-state index contributed by atoms with van der Waals surface area (Å²) in [6.07, 6.45) is 2.72. The molecule has 0 aliphatic rings. The molecule has 0 bridgehead atoms. The van der Waals surface area contributed by atoms with E-state index >= 15 is 0 Å². The number of benzene rings is 1. The van der Waals surface area contributed by atoms with Crippen LogP contribution < -0.4 is 21.3 Å². The van der Waals surface area contributed by atoms with Gasteiger partial charge < -0.3 is 15.2 Å². The molecule has 0 unspecified atom stereocenters. The van der Waals surface area contributed by atoms with Crippen LogP contribution in [0.2, 0.25) is 0 Å². The van der Waals surface area contributed by atoms with Crippen LogP contribution in [-0.2, 0) is 9.59 Å². The Morgan fingerprint density at radius 2 is 2.00 bits per heavy atom. The number of nitrogens with one attached hydrogen (secondary N) is 3. The highest BCUT2D eigenvalue weighted by molar-refractivity contribution is 5.94. The first-order chi connectivity index (χ1) is 12.9. The minimum Gasteiger partial charge on any atom is -0.496 e. The van der Waals surface area contributed by atoms with E-state index in [4.69, 9.17) is 4.74 Å². The second-order valence-corrected chi connectivity index (χ2v) is 4.99. The standard InChI is InChI=1S/C16H15N5O6/c1-27-10-5-3-2-4-9(10)6-7-11(22)17-8-12(23)20-21-13-14(24)18-16(26)19-15(13)25/h2-7H,8H2,1H3,(H,17,22)(H3,18,19,24,25,26).